The maximum Gasteiger partial charge on any atom is 0.191 e. The lowest BCUT2D eigenvalue weighted by Crippen LogP contribution is -2.38. The number of benzene rings is 1. The lowest BCUT2D eigenvalue weighted by atomic mass is 10.1. The molecular weight excluding hydrogens is 328 g/mol. The third-order valence-corrected chi connectivity index (χ3v) is 4.56. The molecule has 23 heavy (non-hydrogen) atoms. The van der Waals surface area contributed by atoms with Crippen molar-refractivity contribution in [1.29, 1.82) is 0 Å². The summed E-state index contributed by atoms with van der Waals surface area (Å²) in [6.07, 6.45) is 1.91. The van der Waals surface area contributed by atoms with Gasteiger partial charge in [0.05, 0.1) is 17.2 Å². The zero-order valence-corrected chi connectivity index (χ0v) is 15.2. The quantitative estimate of drug-likeness (QED) is 0.592. The second-order valence-electron chi connectivity index (χ2n) is 5.08. The van der Waals surface area contributed by atoms with Crippen LogP contribution in [-0.2, 0) is 19.4 Å². The molecule has 0 amide bonds. The van der Waals surface area contributed by atoms with Gasteiger partial charge in [0, 0.05) is 23.5 Å². The van der Waals surface area contributed by atoms with Gasteiger partial charge in [0.2, 0.25) is 0 Å². The Labute approximate surface area is 147 Å². The van der Waals surface area contributed by atoms with Gasteiger partial charge >= 0.3 is 0 Å². The number of guanidine groups is 1. The van der Waals surface area contributed by atoms with Gasteiger partial charge in [-0.15, -0.1) is 11.3 Å². The van der Waals surface area contributed by atoms with Crippen molar-refractivity contribution in [2.45, 2.75) is 33.2 Å². The third-order valence-electron chi connectivity index (χ3n) is 3.26. The van der Waals surface area contributed by atoms with Crippen LogP contribution in [0.4, 0.5) is 0 Å². The monoisotopic (exact) mass is 350 g/mol. The van der Waals surface area contributed by atoms with Crippen LogP contribution in [0.25, 0.3) is 0 Å². The summed E-state index contributed by atoms with van der Waals surface area (Å²) < 4.78 is 0. The van der Waals surface area contributed by atoms with Crippen molar-refractivity contribution >= 4 is 28.9 Å². The molecule has 0 unspecified atom stereocenters. The molecule has 1 heterocycles. The fourth-order valence-electron chi connectivity index (χ4n) is 2.06. The Morgan fingerprint density at radius 1 is 1.22 bits per heavy atom. The van der Waals surface area contributed by atoms with Crippen molar-refractivity contribution < 1.29 is 0 Å². The molecule has 0 spiro atoms. The molecule has 0 radical (unpaired) electrons. The minimum Gasteiger partial charge on any atom is -0.357 e. The number of aryl methyl sites for hydroxylation is 1. The first-order valence-corrected chi connectivity index (χ1v) is 9.17. The van der Waals surface area contributed by atoms with Gasteiger partial charge in [0.1, 0.15) is 0 Å². The van der Waals surface area contributed by atoms with Gasteiger partial charge in [-0.25, -0.2) is 9.98 Å². The SMILES string of the molecule is CCNC(=NCc1csc(CC)n1)NCCc1ccc(Cl)cc1. The largest absolute Gasteiger partial charge is 0.357 e. The van der Waals surface area contributed by atoms with Gasteiger partial charge in [0.25, 0.3) is 0 Å². The van der Waals surface area contributed by atoms with Gasteiger partial charge in [0.15, 0.2) is 5.96 Å². The minimum atomic E-state index is 0.604. The number of thiazole rings is 1. The molecular formula is C17H23ClN4S. The Morgan fingerprint density at radius 2 is 2.00 bits per heavy atom. The van der Waals surface area contributed by atoms with E-state index in [2.05, 4.69) is 52.0 Å². The maximum atomic E-state index is 5.90. The number of hydrogen-bond acceptors (Lipinski definition) is 3. The second-order valence-corrected chi connectivity index (χ2v) is 6.46. The van der Waals surface area contributed by atoms with Gasteiger partial charge in [-0.2, -0.15) is 0 Å². The zero-order valence-electron chi connectivity index (χ0n) is 13.6. The normalized spacial score (nSPS) is 11.5. The van der Waals surface area contributed by atoms with E-state index in [1.807, 2.05) is 12.1 Å². The predicted molar refractivity (Wildman–Crippen MR) is 99.5 cm³/mol. The molecule has 0 aliphatic heterocycles. The number of nitrogens with zero attached hydrogens (tertiary/aromatic N) is 2. The highest BCUT2D eigenvalue weighted by molar-refractivity contribution is 7.09. The average Bonchev–Trinajstić information content (AvgIpc) is 3.02. The Balaban J connectivity index is 1.84. The van der Waals surface area contributed by atoms with Gasteiger partial charge in [-0.3, -0.25) is 0 Å². The first-order chi connectivity index (χ1) is 11.2. The highest BCUT2D eigenvalue weighted by atomic mass is 35.5. The smallest absolute Gasteiger partial charge is 0.191 e. The molecule has 0 bridgehead atoms. The number of aromatic nitrogens is 1. The number of rotatable bonds is 7. The first kappa shape index (κ1) is 17.8. The van der Waals surface area contributed by atoms with E-state index in [9.17, 15) is 0 Å². The van der Waals surface area contributed by atoms with E-state index in [0.717, 1.165) is 47.6 Å². The van der Waals surface area contributed by atoms with Crippen LogP contribution in [0.3, 0.4) is 0 Å². The van der Waals surface area contributed by atoms with E-state index < -0.39 is 0 Å². The third kappa shape index (κ3) is 6.20. The molecule has 0 fully saturated rings. The van der Waals surface area contributed by atoms with Crippen molar-refractivity contribution in [2.24, 2.45) is 4.99 Å². The number of aliphatic imine (C=N–C) groups is 1. The van der Waals surface area contributed by atoms with Crippen molar-refractivity contribution in [3.63, 3.8) is 0 Å². The van der Waals surface area contributed by atoms with E-state index in [1.54, 1.807) is 11.3 Å². The van der Waals surface area contributed by atoms with Crippen LogP contribution in [0.15, 0.2) is 34.6 Å². The van der Waals surface area contributed by atoms with Gasteiger partial charge < -0.3 is 10.6 Å². The topological polar surface area (TPSA) is 49.3 Å². The number of hydrogen-bond donors (Lipinski definition) is 2. The zero-order chi connectivity index (χ0) is 16.5. The van der Waals surface area contributed by atoms with E-state index >= 15 is 0 Å². The summed E-state index contributed by atoms with van der Waals surface area (Å²) in [4.78, 5) is 9.13. The molecule has 2 rings (SSSR count). The Morgan fingerprint density at radius 3 is 2.65 bits per heavy atom. The van der Waals surface area contributed by atoms with Crippen molar-refractivity contribution in [3.05, 3.63) is 50.9 Å². The van der Waals surface area contributed by atoms with Gasteiger partial charge in [-0.1, -0.05) is 30.7 Å². The summed E-state index contributed by atoms with van der Waals surface area (Å²) in [7, 11) is 0. The minimum absolute atomic E-state index is 0.604. The van der Waals surface area contributed by atoms with E-state index in [-0.39, 0.29) is 0 Å². The molecule has 124 valence electrons. The average molecular weight is 351 g/mol. The van der Waals surface area contributed by atoms with Crippen LogP contribution in [0.2, 0.25) is 5.02 Å². The fraction of sp³-hybridized carbons (Fsp3) is 0.412. The van der Waals surface area contributed by atoms with Crippen LogP contribution >= 0.6 is 22.9 Å². The standard InChI is InChI=1S/C17H23ClN4S/c1-3-16-22-15(12-23-16)11-21-17(19-4-2)20-10-9-13-5-7-14(18)8-6-13/h5-8,12H,3-4,9-11H2,1-2H3,(H2,19,20,21). The summed E-state index contributed by atoms with van der Waals surface area (Å²) in [5, 5.41) is 10.6. The van der Waals surface area contributed by atoms with E-state index in [4.69, 9.17) is 11.6 Å². The molecule has 0 saturated carbocycles. The van der Waals surface area contributed by atoms with Gasteiger partial charge in [-0.05, 0) is 37.5 Å². The Hall–Kier alpha value is -1.59. The second kappa shape index (κ2) is 9.53. The predicted octanol–water partition coefficient (Wildman–Crippen LogP) is 3.66. The molecule has 4 nitrogen and oxygen atoms in total. The molecule has 1 aromatic heterocycles. The maximum absolute atomic E-state index is 5.90. The summed E-state index contributed by atoms with van der Waals surface area (Å²) >= 11 is 7.60. The van der Waals surface area contributed by atoms with E-state index in [0.29, 0.717) is 6.54 Å². The molecule has 0 aliphatic carbocycles. The fourth-order valence-corrected chi connectivity index (χ4v) is 2.92. The number of halogens is 1. The number of nitrogens with one attached hydrogen (secondary N) is 2. The van der Waals surface area contributed by atoms with Crippen LogP contribution in [0.1, 0.15) is 30.1 Å². The van der Waals surface area contributed by atoms with E-state index in [1.165, 1.54) is 5.56 Å². The molecule has 0 aliphatic rings. The van der Waals surface area contributed by atoms with Crippen molar-refractivity contribution in [2.75, 3.05) is 13.1 Å². The summed E-state index contributed by atoms with van der Waals surface area (Å²) in [5.74, 6) is 0.826. The molecule has 1 aromatic carbocycles. The van der Waals surface area contributed by atoms with Crippen molar-refractivity contribution in [3.8, 4) is 0 Å². The Bertz CT molecular complexity index is 622. The molecule has 0 atom stereocenters. The molecule has 6 heteroatoms. The van der Waals surface area contributed by atoms with Crippen LogP contribution in [-0.4, -0.2) is 24.0 Å². The highest BCUT2D eigenvalue weighted by Crippen LogP contribution is 2.11. The Kier molecular flexibility index (Phi) is 7.36. The summed E-state index contributed by atoms with van der Waals surface area (Å²) in [6, 6.07) is 7.94. The molecule has 2 aromatic rings. The molecule has 0 saturated heterocycles. The van der Waals surface area contributed by atoms with Crippen LogP contribution in [0, 0.1) is 0 Å². The summed E-state index contributed by atoms with van der Waals surface area (Å²) in [5.41, 5.74) is 2.28. The summed E-state index contributed by atoms with van der Waals surface area (Å²) in [6.45, 7) is 6.45. The lowest BCUT2D eigenvalue weighted by molar-refractivity contribution is 0.797. The van der Waals surface area contributed by atoms with Crippen LogP contribution < -0.4 is 10.6 Å². The van der Waals surface area contributed by atoms with Crippen molar-refractivity contribution in [1.82, 2.24) is 15.6 Å². The van der Waals surface area contributed by atoms with Crippen LogP contribution in [0.5, 0.6) is 0 Å². The molecule has 2 N–H and O–H groups in total. The first-order valence-electron chi connectivity index (χ1n) is 7.91. The highest BCUT2D eigenvalue weighted by Gasteiger charge is 2.01. The lowest BCUT2D eigenvalue weighted by Gasteiger charge is -2.11.